The molecular formula is C21H20F3N4OS+. The van der Waals surface area contributed by atoms with E-state index in [1.165, 1.54) is 33.9 Å². The number of halogens is 3. The quantitative estimate of drug-likeness (QED) is 0.584. The van der Waals surface area contributed by atoms with Gasteiger partial charge in [0.1, 0.15) is 13.1 Å². The summed E-state index contributed by atoms with van der Waals surface area (Å²) >= 11 is 1.41. The maximum absolute atomic E-state index is 12.8. The number of aromatic nitrogens is 1. The van der Waals surface area contributed by atoms with Gasteiger partial charge in [0, 0.05) is 17.7 Å². The van der Waals surface area contributed by atoms with Crippen molar-refractivity contribution in [1.82, 2.24) is 4.98 Å². The monoisotopic (exact) mass is 433 g/mol. The highest BCUT2D eigenvalue weighted by Crippen LogP contribution is 2.31. The molecule has 1 aliphatic rings. The number of carbonyl (C=O) groups excluding carboxylic acids is 1. The lowest BCUT2D eigenvalue weighted by molar-refractivity contribution is -0.929. The first-order chi connectivity index (χ1) is 14.4. The number of fused-ring (bicyclic) bond motifs is 1. The Kier molecular flexibility index (Phi) is 5.74. The Hall–Kier alpha value is -2.91. The van der Waals surface area contributed by atoms with Gasteiger partial charge in [0.05, 0.1) is 22.7 Å². The van der Waals surface area contributed by atoms with E-state index in [1.807, 2.05) is 18.2 Å². The van der Waals surface area contributed by atoms with Crippen molar-refractivity contribution in [2.45, 2.75) is 25.7 Å². The molecule has 3 N–H and O–H groups in total. The SMILES string of the molecule is O=C(Nc1cccc(C(F)(F)F)c1)Nc1nc2c(s1)C[NH+](Cc1ccccc1)CC2. The number of nitrogens with zero attached hydrogens (tertiary/aromatic N) is 1. The van der Waals surface area contributed by atoms with Gasteiger partial charge in [-0.3, -0.25) is 5.32 Å². The molecule has 4 rings (SSSR count). The van der Waals surface area contributed by atoms with Crippen LogP contribution in [0.15, 0.2) is 54.6 Å². The van der Waals surface area contributed by atoms with Crippen LogP contribution in [0.5, 0.6) is 0 Å². The Bertz CT molecular complexity index is 1040. The number of rotatable bonds is 4. The smallest absolute Gasteiger partial charge is 0.326 e. The van der Waals surface area contributed by atoms with Gasteiger partial charge < -0.3 is 10.2 Å². The van der Waals surface area contributed by atoms with E-state index in [-0.39, 0.29) is 5.69 Å². The number of nitrogens with one attached hydrogen (secondary N) is 3. The van der Waals surface area contributed by atoms with Crippen LogP contribution >= 0.6 is 11.3 Å². The van der Waals surface area contributed by atoms with E-state index in [0.717, 1.165) is 48.8 Å². The summed E-state index contributed by atoms with van der Waals surface area (Å²) in [6, 6.07) is 14.2. The van der Waals surface area contributed by atoms with Crippen molar-refractivity contribution in [2.24, 2.45) is 0 Å². The molecule has 0 radical (unpaired) electrons. The average molecular weight is 433 g/mol. The van der Waals surface area contributed by atoms with E-state index >= 15 is 0 Å². The second-order valence-electron chi connectivity index (χ2n) is 7.14. The first-order valence-electron chi connectivity index (χ1n) is 9.48. The van der Waals surface area contributed by atoms with Crippen LogP contribution in [0.25, 0.3) is 0 Å². The van der Waals surface area contributed by atoms with Gasteiger partial charge >= 0.3 is 12.2 Å². The van der Waals surface area contributed by atoms with Crippen molar-refractivity contribution in [3.63, 3.8) is 0 Å². The number of quaternary nitrogens is 1. The molecule has 9 heteroatoms. The highest BCUT2D eigenvalue weighted by Gasteiger charge is 2.30. The number of alkyl halides is 3. The molecule has 0 fully saturated rings. The molecule has 0 bridgehead atoms. The third kappa shape index (κ3) is 4.98. The van der Waals surface area contributed by atoms with Gasteiger partial charge in [-0.2, -0.15) is 13.2 Å². The van der Waals surface area contributed by atoms with Crippen molar-refractivity contribution in [3.05, 3.63) is 76.3 Å². The third-order valence-corrected chi connectivity index (χ3v) is 5.88. The summed E-state index contributed by atoms with van der Waals surface area (Å²) in [5.74, 6) is 0. The lowest BCUT2D eigenvalue weighted by atomic mass is 10.1. The third-order valence-electron chi connectivity index (χ3n) is 4.87. The second-order valence-corrected chi connectivity index (χ2v) is 8.22. The van der Waals surface area contributed by atoms with Crippen LogP contribution in [0.2, 0.25) is 0 Å². The highest BCUT2D eigenvalue weighted by atomic mass is 32.1. The minimum Gasteiger partial charge on any atom is -0.326 e. The normalized spacial score (nSPS) is 16.0. The first-order valence-corrected chi connectivity index (χ1v) is 10.3. The number of hydrogen-bond acceptors (Lipinski definition) is 3. The summed E-state index contributed by atoms with van der Waals surface area (Å²) in [6.45, 7) is 2.72. The molecule has 0 spiro atoms. The molecule has 5 nitrogen and oxygen atoms in total. The molecule has 156 valence electrons. The Morgan fingerprint density at radius 3 is 2.67 bits per heavy atom. The summed E-state index contributed by atoms with van der Waals surface area (Å²) in [6.07, 6.45) is -3.64. The number of thiazole rings is 1. The zero-order chi connectivity index (χ0) is 21.1. The van der Waals surface area contributed by atoms with E-state index in [0.29, 0.717) is 5.13 Å². The van der Waals surface area contributed by atoms with Crippen LogP contribution in [-0.4, -0.2) is 17.6 Å². The molecule has 2 amide bonds. The fraction of sp³-hybridized carbons (Fsp3) is 0.238. The van der Waals surface area contributed by atoms with Crippen LogP contribution in [0.1, 0.15) is 21.7 Å². The van der Waals surface area contributed by atoms with Crippen molar-refractivity contribution in [2.75, 3.05) is 17.2 Å². The van der Waals surface area contributed by atoms with Gasteiger partial charge in [0.15, 0.2) is 5.13 Å². The van der Waals surface area contributed by atoms with Crippen LogP contribution in [0, 0.1) is 0 Å². The molecule has 30 heavy (non-hydrogen) atoms. The molecular weight excluding hydrogens is 413 g/mol. The lowest BCUT2D eigenvalue weighted by Gasteiger charge is -2.22. The van der Waals surface area contributed by atoms with Crippen LogP contribution < -0.4 is 15.5 Å². The van der Waals surface area contributed by atoms with Gasteiger partial charge in [-0.15, -0.1) is 0 Å². The minimum atomic E-state index is -4.46. The Morgan fingerprint density at radius 1 is 1.10 bits per heavy atom. The zero-order valence-electron chi connectivity index (χ0n) is 15.9. The summed E-state index contributed by atoms with van der Waals surface area (Å²) in [4.78, 5) is 19.3. The van der Waals surface area contributed by atoms with Crippen LogP contribution in [0.3, 0.4) is 0 Å². The Labute approximate surface area is 175 Å². The van der Waals surface area contributed by atoms with E-state index in [1.54, 1.807) is 0 Å². The van der Waals surface area contributed by atoms with Crippen LogP contribution in [0.4, 0.5) is 28.8 Å². The maximum atomic E-state index is 12.8. The molecule has 1 atom stereocenters. The highest BCUT2D eigenvalue weighted by molar-refractivity contribution is 7.15. The van der Waals surface area contributed by atoms with Gasteiger partial charge in [-0.25, -0.2) is 9.78 Å². The number of anilines is 2. The number of amides is 2. The van der Waals surface area contributed by atoms with Gasteiger partial charge in [0.25, 0.3) is 0 Å². The summed E-state index contributed by atoms with van der Waals surface area (Å²) in [5.41, 5.74) is 1.51. The molecule has 1 aromatic heterocycles. The average Bonchev–Trinajstić information content (AvgIpc) is 3.09. The Balaban J connectivity index is 1.37. The molecule has 0 saturated heterocycles. The lowest BCUT2D eigenvalue weighted by Crippen LogP contribution is -3.10. The van der Waals surface area contributed by atoms with Gasteiger partial charge in [0.2, 0.25) is 0 Å². The van der Waals surface area contributed by atoms with Crippen molar-refractivity contribution >= 4 is 28.2 Å². The van der Waals surface area contributed by atoms with Gasteiger partial charge in [-0.05, 0) is 18.2 Å². The fourth-order valence-corrected chi connectivity index (χ4v) is 4.52. The predicted octanol–water partition coefficient (Wildman–Crippen LogP) is 3.95. The van der Waals surface area contributed by atoms with Crippen molar-refractivity contribution in [1.29, 1.82) is 0 Å². The molecule has 1 aliphatic heterocycles. The summed E-state index contributed by atoms with van der Waals surface area (Å²) < 4.78 is 38.4. The Morgan fingerprint density at radius 2 is 1.90 bits per heavy atom. The van der Waals surface area contributed by atoms with Crippen molar-refractivity contribution < 1.29 is 22.9 Å². The van der Waals surface area contributed by atoms with E-state index in [9.17, 15) is 18.0 Å². The largest absolute Gasteiger partial charge is 0.416 e. The van der Waals surface area contributed by atoms with Crippen LogP contribution in [-0.2, 0) is 25.7 Å². The number of hydrogen-bond donors (Lipinski definition) is 3. The second kappa shape index (κ2) is 8.45. The molecule has 2 aromatic carbocycles. The molecule has 1 unspecified atom stereocenters. The molecule has 0 saturated carbocycles. The number of benzene rings is 2. The number of urea groups is 1. The minimum absolute atomic E-state index is 0.0714. The number of carbonyl (C=O) groups is 1. The predicted molar refractivity (Wildman–Crippen MR) is 110 cm³/mol. The standard InChI is InChI=1S/C21H19F3N4OS/c22-21(23,24)15-7-4-8-16(11-15)25-19(29)27-20-26-17-9-10-28(13-18(17)30-20)12-14-5-2-1-3-6-14/h1-8,11H,9-10,12-13H2,(H2,25,26,27,29)/p+1. The molecule has 3 aromatic rings. The van der Waals surface area contributed by atoms with E-state index < -0.39 is 17.8 Å². The molecule has 0 aliphatic carbocycles. The topological polar surface area (TPSA) is 58.5 Å². The fourth-order valence-electron chi connectivity index (χ4n) is 3.45. The zero-order valence-corrected chi connectivity index (χ0v) is 16.7. The molecule has 2 heterocycles. The van der Waals surface area contributed by atoms with E-state index in [2.05, 4.69) is 27.8 Å². The maximum Gasteiger partial charge on any atom is 0.416 e. The summed E-state index contributed by atoms with van der Waals surface area (Å²) in [5, 5.41) is 5.52. The van der Waals surface area contributed by atoms with E-state index in [4.69, 9.17) is 0 Å². The summed E-state index contributed by atoms with van der Waals surface area (Å²) in [7, 11) is 0. The van der Waals surface area contributed by atoms with Crippen molar-refractivity contribution in [3.8, 4) is 0 Å². The first kappa shape index (κ1) is 20.4. The van der Waals surface area contributed by atoms with Gasteiger partial charge in [-0.1, -0.05) is 47.7 Å².